The monoisotopic (exact) mass is 217 g/mol. The maximum atomic E-state index is 13.7. The van der Waals surface area contributed by atoms with Crippen molar-refractivity contribution in [1.82, 2.24) is 4.98 Å². The molecular weight excluding hydrogens is 208 g/mol. The minimum atomic E-state index is -0.322. The molecule has 1 nitrogen and oxygen atoms in total. The van der Waals surface area contributed by atoms with Crippen LogP contribution in [0.25, 0.3) is 21.8 Å². The van der Waals surface area contributed by atoms with Crippen molar-refractivity contribution in [1.29, 1.82) is 0 Å². The highest BCUT2D eigenvalue weighted by molar-refractivity contribution is 6.08. The van der Waals surface area contributed by atoms with E-state index in [2.05, 4.69) is 4.98 Å². The standard InChI is InChI=1S/C13H9F2N/c1-7-2-5-10(15)12-9-4-3-8(14)6-11(9)16-13(7)12/h2-6,16H,1H3. The van der Waals surface area contributed by atoms with Gasteiger partial charge in [-0.15, -0.1) is 0 Å². The van der Waals surface area contributed by atoms with Crippen molar-refractivity contribution in [3.63, 3.8) is 0 Å². The van der Waals surface area contributed by atoms with Crippen molar-refractivity contribution in [2.24, 2.45) is 0 Å². The van der Waals surface area contributed by atoms with Gasteiger partial charge in [0.05, 0.1) is 5.52 Å². The average molecular weight is 217 g/mol. The molecule has 0 aliphatic heterocycles. The van der Waals surface area contributed by atoms with E-state index in [4.69, 9.17) is 0 Å². The van der Waals surface area contributed by atoms with Crippen molar-refractivity contribution in [3.8, 4) is 0 Å². The lowest BCUT2D eigenvalue weighted by molar-refractivity contribution is 0.629. The average Bonchev–Trinajstić information content (AvgIpc) is 2.63. The van der Waals surface area contributed by atoms with Crippen LogP contribution in [0.5, 0.6) is 0 Å². The van der Waals surface area contributed by atoms with Crippen LogP contribution in [0.4, 0.5) is 8.78 Å². The number of hydrogen-bond donors (Lipinski definition) is 1. The van der Waals surface area contributed by atoms with Gasteiger partial charge in [0.15, 0.2) is 0 Å². The van der Waals surface area contributed by atoms with E-state index in [1.165, 1.54) is 18.2 Å². The number of nitrogens with one attached hydrogen (secondary N) is 1. The lowest BCUT2D eigenvalue weighted by Crippen LogP contribution is -1.80. The van der Waals surface area contributed by atoms with Crippen LogP contribution in [0.2, 0.25) is 0 Å². The number of aromatic amines is 1. The van der Waals surface area contributed by atoms with Crippen LogP contribution in [0.1, 0.15) is 5.56 Å². The summed E-state index contributed by atoms with van der Waals surface area (Å²) < 4.78 is 26.8. The van der Waals surface area contributed by atoms with Crippen molar-refractivity contribution in [2.45, 2.75) is 6.92 Å². The highest BCUT2D eigenvalue weighted by Crippen LogP contribution is 2.29. The molecule has 0 radical (unpaired) electrons. The van der Waals surface area contributed by atoms with E-state index >= 15 is 0 Å². The molecule has 0 unspecified atom stereocenters. The topological polar surface area (TPSA) is 15.8 Å². The van der Waals surface area contributed by atoms with Gasteiger partial charge in [0.1, 0.15) is 11.6 Å². The zero-order chi connectivity index (χ0) is 11.3. The van der Waals surface area contributed by atoms with E-state index < -0.39 is 0 Å². The second-order valence-corrected chi connectivity index (χ2v) is 3.93. The zero-order valence-electron chi connectivity index (χ0n) is 8.64. The third-order valence-electron chi connectivity index (χ3n) is 2.87. The maximum absolute atomic E-state index is 13.7. The summed E-state index contributed by atoms with van der Waals surface area (Å²) in [5.41, 5.74) is 2.32. The van der Waals surface area contributed by atoms with Crippen LogP contribution in [0.15, 0.2) is 30.3 Å². The molecule has 0 amide bonds. The fraction of sp³-hybridized carbons (Fsp3) is 0.0769. The lowest BCUT2D eigenvalue weighted by Gasteiger charge is -1.96. The number of fused-ring (bicyclic) bond motifs is 3. The van der Waals surface area contributed by atoms with E-state index in [0.717, 1.165) is 16.5 Å². The SMILES string of the molecule is Cc1ccc(F)c2c1[nH]c1cc(F)ccc12. The molecule has 80 valence electrons. The molecule has 0 saturated heterocycles. The van der Waals surface area contributed by atoms with Gasteiger partial charge in [-0.05, 0) is 36.8 Å². The third-order valence-corrected chi connectivity index (χ3v) is 2.87. The molecule has 0 aliphatic carbocycles. The Morgan fingerprint density at radius 1 is 1.06 bits per heavy atom. The largest absolute Gasteiger partial charge is 0.354 e. The van der Waals surface area contributed by atoms with Gasteiger partial charge in [-0.2, -0.15) is 0 Å². The first-order valence-corrected chi connectivity index (χ1v) is 5.03. The van der Waals surface area contributed by atoms with Crippen LogP contribution < -0.4 is 0 Å². The highest BCUT2D eigenvalue weighted by Gasteiger charge is 2.10. The number of H-pyrrole nitrogens is 1. The molecule has 0 fully saturated rings. The van der Waals surface area contributed by atoms with E-state index in [0.29, 0.717) is 10.9 Å². The summed E-state index contributed by atoms with van der Waals surface area (Å²) in [5.74, 6) is -0.601. The summed E-state index contributed by atoms with van der Waals surface area (Å²) in [6.45, 7) is 1.90. The van der Waals surface area contributed by atoms with E-state index in [9.17, 15) is 8.78 Å². The fourth-order valence-electron chi connectivity index (χ4n) is 2.08. The van der Waals surface area contributed by atoms with Gasteiger partial charge in [0, 0.05) is 16.3 Å². The Bertz CT molecular complexity index is 698. The Hall–Kier alpha value is -1.90. The Morgan fingerprint density at radius 2 is 1.88 bits per heavy atom. The second kappa shape index (κ2) is 3.04. The van der Waals surface area contributed by atoms with Crippen LogP contribution in [-0.2, 0) is 0 Å². The predicted molar refractivity (Wildman–Crippen MR) is 60.5 cm³/mol. The molecule has 0 spiro atoms. The van der Waals surface area contributed by atoms with E-state index in [-0.39, 0.29) is 11.6 Å². The zero-order valence-corrected chi connectivity index (χ0v) is 8.64. The number of hydrogen-bond acceptors (Lipinski definition) is 0. The normalized spacial score (nSPS) is 11.4. The molecule has 0 bridgehead atoms. The van der Waals surface area contributed by atoms with Gasteiger partial charge >= 0.3 is 0 Å². The molecule has 3 heteroatoms. The minimum absolute atomic E-state index is 0.279. The Kier molecular flexibility index (Phi) is 1.78. The van der Waals surface area contributed by atoms with Gasteiger partial charge in [-0.25, -0.2) is 8.78 Å². The number of benzene rings is 2. The van der Waals surface area contributed by atoms with Crippen molar-refractivity contribution in [2.75, 3.05) is 0 Å². The van der Waals surface area contributed by atoms with Crippen molar-refractivity contribution in [3.05, 3.63) is 47.5 Å². The number of halogens is 2. The van der Waals surface area contributed by atoms with Gasteiger partial charge in [0.25, 0.3) is 0 Å². The molecule has 0 atom stereocenters. The number of rotatable bonds is 0. The molecule has 16 heavy (non-hydrogen) atoms. The summed E-state index contributed by atoms with van der Waals surface area (Å²) in [6, 6.07) is 7.48. The van der Waals surface area contributed by atoms with Gasteiger partial charge in [-0.3, -0.25) is 0 Å². The molecule has 1 heterocycles. The Morgan fingerprint density at radius 3 is 2.69 bits per heavy atom. The van der Waals surface area contributed by atoms with Crippen LogP contribution in [-0.4, -0.2) is 4.98 Å². The molecule has 3 rings (SSSR count). The van der Waals surface area contributed by atoms with Crippen molar-refractivity contribution >= 4 is 21.8 Å². The van der Waals surface area contributed by atoms with Crippen LogP contribution >= 0.6 is 0 Å². The molecule has 1 aromatic heterocycles. The van der Waals surface area contributed by atoms with Gasteiger partial charge in [-0.1, -0.05) is 6.07 Å². The summed E-state index contributed by atoms with van der Waals surface area (Å²) in [5, 5.41) is 1.26. The number of aromatic nitrogens is 1. The molecule has 3 aromatic rings. The third kappa shape index (κ3) is 1.14. The maximum Gasteiger partial charge on any atom is 0.133 e. The Balaban J connectivity index is 2.60. The molecule has 0 aliphatic rings. The number of aryl methyl sites for hydroxylation is 1. The predicted octanol–water partition coefficient (Wildman–Crippen LogP) is 3.91. The van der Waals surface area contributed by atoms with Gasteiger partial charge < -0.3 is 4.98 Å². The van der Waals surface area contributed by atoms with Gasteiger partial charge in [0.2, 0.25) is 0 Å². The smallest absolute Gasteiger partial charge is 0.133 e. The quantitative estimate of drug-likeness (QED) is 0.587. The fourth-order valence-corrected chi connectivity index (χ4v) is 2.08. The summed E-state index contributed by atoms with van der Waals surface area (Å²) in [7, 11) is 0. The summed E-state index contributed by atoms with van der Waals surface area (Å²) in [4.78, 5) is 3.05. The van der Waals surface area contributed by atoms with Crippen LogP contribution in [0.3, 0.4) is 0 Å². The summed E-state index contributed by atoms with van der Waals surface area (Å²) >= 11 is 0. The molecule has 2 aromatic carbocycles. The lowest BCUT2D eigenvalue weighted by atomic mass is 10.1. The van der Waals surface area contributed by atoms with Crippen molar-refractivity contribution < 1.29 is 8.78 Å². The molecule has 1 N–H and O–H groups in total. The second-order valence-electron chi connectivity index (χ2n) is 3.93. The first-order valence-electron chi connectivity index (χ1n) is 5.03. The molecular formula is C13H9F2N. The minimum Gasteiger partial charge on any atom is -0.354 e. The first-order chi connectivity index (χ1) is 7.66. The first kappa shape index (κ1) is 9.33. The van der Waals surface area contributed by atoms with E-state index in [1.54, 1.807) is 12.1 Å². The Labute approximate surface area is 90.7 Å². The van der Waals surface area contributed by atoms with E-state index in [1.807, 2.05) is 6.92 Å². The molecule has 0 saturated carbocycles. The highest BCUT2D eigenvalue weighted by atomic mass is 19.1. The van der Waals surface area contributed by atoms with Crippen LogP contribution in [0, 0.1) is 18.6 Å². The summed E-state index contributed by atoms with van der Waals surface area (Å²) in [6.07, 6.45) is 0.